The molecule has 4 nitrogen and oxygen atoms in total. The zero-order chi connectivity index (χ0) is 28.7. The van der Waals surface area contributed by atoms with Crippen molar-refractivity contribution in [3.63, 3.8) is 0 Å². The molecule has 0 heterocycles. The number of rotatable bonds is 7. The molecule has 1 aromatic carbocycles. The molecule has 1 aromatic rings. The van der Waals surface area contributed by atoms with E-state index in [0.29, 0.717) is 10.8 Å². The quantitative estimate of drug-likeness (QED) is 0.228. The zero-order valence-corrected chi connectivity index (χ0v) is 26.9. The molecule has 0 aromatic heterocycles. The minimum atomic E-state index is -0.0888. The van der Waals surface area contributed by atoms with E-state index in [0.717, 1.165) is 66.2 Å². The lowest BCUT2D eigenvalue weighted by Crippen LogP contribution is -2.56. The Morgan fingerprint density at radius 2 is 1.68 bits per heavy atom. The molecule has 4 aliphatic rings. The molecular weight excluding hydrogens is 512 g/mol. The van der Waals surface area contributed by atoms with Gasteiger partial charge in [-0.3, -0.25) is 4.72 Å². The molecule has 0 bridgehead atoms. The molecule has 4 saturated carbocycles. The first-order valence-electron chi connectivity index (χ1n) is 16.4. The SMILES string of the molecule is CC[C@H]1CC2C3CC[C@H](CCCNC(=O)NSc4ccc(C(C)(C)C)cc4)C3(C)CC[C@@H]2C2(C)CC[C@@H](O)CC12. The number of amides is 2. The number of aliphatic hydroxyl groups is 1. The molecule has 224 valence electrons. The van der Waals surface area contributed by atoms with Gasteiger partial charge >= 0.3 is 6.03 Å². The lowest BCUT2D eigenvalue weighted by atomic mass is 9.42. The van der Waals surface area contributed by atoms with Crippen molar-refractivity contribution < 1.29 is 9.90 Å². The Morgan fingerprint density at radius 3 is 2.38 bits per heavy atom. The highest BCUT2D eigenvalue weighted by molar-refractivity contribution is 7.98. The summed E-state index contributed by atoms with van der Waals surface area (Å²) in [6, 6.07) is 8.39. The summed E-state index contributed by atoms with van der Waals surface area (Å²) in [6.07, 6.45) is 13.7. The van der Waals surface area contributed by atoms with E-state index < -0.39 is 0 Å². The first kappa shape index (κ1) is 30.3. The summed E-state index contributed by atoms with van der Waals surface area (Å²) >= 11 is 1.39. The molecule has 40 heavy (non-hydrogen) atoms. The standard InChI is InChI=1S/C35H56N2O2S/c1-7-23-21-28-29-15-12-25(34(29,5)19-17-30(28)35(6)18-16-26(38)22-31(23)35)9-8-20-36-32(39)37-40-27-13-10-24(11-14-27)33(2,3)4/h10-11,13-14,23,25-26,28-31,38H,7-9,12,15-22H2,1-6H3,(H2,36,37,39)/t23-,25-,26+,28?,29?,30-,31?,34?,35?/m0/s1. The first-order chi connectivity index (χ1) is 19.0. The molecule has 4 fully saturated rings. The van der Waals surface area contributed by atoms with E-state index in [-0.39, 0.29) is 17.6 Å². The van der Waals surface area contributed by atoms with Crippen LogP contribution in [-0.2, 0) is 5.41 Å². The third-order valence-electron chi connectivity index (χ3n) is 12.5. The number of carbonyl (C=O) groups excluding carboxylic acids is 1. The second-order valence-electron chi connectivity index (χ2n) is 15.5. The number of hydrogen-bond donors (Lipinski definition) is 3. The van der Waals surface area contributed by atoms with Crippen LogP contribution < -0.4 is 10.0 Å². The molecule has 2 amide bonds. The van der Waals surface area contributed by atoms with Gasteiger partial charge in [-0.15, -0.1) is 0 Å². The summed E-state index contributed by atoms with van der Waals surface area (Å²) in [5.74, 6) is 4.91. The summed E-state index contributed by atoms with van der Waals surface area (Å²) in [4.78, 5) is 13.5. The summed E-state index contributed by atoms with van der Waals surface area (Å²) in [5.41, 5.74) is 2.35. The molecule has 9 atom stereocenters. The summed E-state index contributed by atoms with van der Waals surface area (Å²) < 4.78 is 2.96. The van der Waals surface area contributed by atoms with E-state index in [2.05, 4.69) is 75.8 Å². The zero-order valence-electron chi connectivity index (χ0n) is 26.1. The van der Waals surface area contributed by atoms with Crippen LogP contribution in [0.1, 0.15) is 118 Å². The summed E-state index contributed by atoms with van der Waals surface area (Å²) in [6.45, 7) is 15.0. The smallest absolute Gasteiger partial charge is 0.325 e. The van der Waals surface area contributed by atoms with Crippen molar-refractivity contribution >= 4 is 18.0 Å². The fourth-order valence-electron chi connectivity index (χ4n) is 10.2. The van der Waals surface area contributed by atoms with Crippen LogP contribution in [0.25, 0.3) is 0 Å². The van der Waals surface area contributed by atoms with E-state index in [9.17, 15) is 9.90 Å². The van der Waals surface area contributed by atoms with Gasteiger partial charge in [-0.25, -0.2) is 4.79 Å². The van der Waals surface area contributed by atoms with Crippen LogP contribution in [0.4, 0.5) is 4.79 Å². The maximum Gasteiger partial charge on any atom is 0.325 e. The Morgan fingerprint density at radius 1 is 0.975 bits per heavy atom. The monoisotopic (exact) mass is 568 g/mol. The Hall–Kier alpha value is -1.20. The molecule has 0 aliphatic heterocycles. The first-order valence-corrected chi connectivity index (χ1v) is 17.3. The minimum Gasteiger partial charge on any atom is -0.393 e. The fraction of sp³-hybridized carbons (Fsp3) is 0.800. The van der Waals surface area contributed by atoms with Gasteiger partial charge in [0.05, 0.1) is 6.10 Å². The number of carbonyl (C=O) groups is 1. The summed E-state index contributed by atoms with van der Waals surface area (Å²) in [5, 5.41) is 13.6. The predicted octanol–water partition coefficient (Wildman–Crippen LogP) is 8.73. The number of urea groups is 1. The van der Waals surface area contributed by atoms with Gasteiger partial charge < -0.3 is 10.4 Å². The second kappa shape index (κ2) is 11.8. The van der Waals surface area contributed by atoms with Crippen LogP contribution in [0.5, 0.6) is 0 Å². The Kier molecular flexibility index (Phi) is 8.95. The average molecular weight is 569 g/mol. The van der Waals surface area contributed by atoms with Crippen molar-refractivity contribution in [3.05, 3.63) is 29.8 Å². The van der Waals surface area contributed by atoms with Crippen molar-refractivity contribution in [2.45, 2.75) is 129 Å². The van der Waals surface area contributed by atoms with E-state index in [1.54, 1.807) is 0 Å². The normalized spacial score (nSPS) is 39.1. The van der Waals surface area contributed by atoms with E-state index >= 15 is 0 Å². The highest BCUT2D eigenvalue weighted by Crippen LogP contribution is 2.69. The van der Waals surface area contributed by atoms with Gasteiger partial charge in [0.2, 0.25) is 0 Å². The molecule has 5 rings (SSSR count). The Balaban J connectivity index is 1.10. The van der Waals surface area contributed by atoms with E-state index in [1.165, 1.54) is 68.9 Å². The number of fused-ring (bicyclic) bond motifs is 5. The van der Waals surface area contributed by atoms with Crippen molar-refractivity contribution in [1.82, 2.24) is 10.0 Å². The Bertz CT molecular complexity index is 1020. The number of aliphatic hydroxyl groups excluding tert-OH is 1. The Labute approximate surface area is 248 Å². The van der Waals surface area contributed by atoms with Crippen LogP contribution in [-0.4, -0.2) is 23.8 Å². The van der Waals surface area contributed by atoms with Crippen LogP contribution in [0, 0.1) is 46.3 Å². The van der Waals surface area contributed by atoms with Gasteiger partial charge in [0.25, 0.3) is 0 Å². The third-order valence-corrected chi connectivity index (χ3v) is 13.3. The van der Waals surface area contributed by atoms with Gasteiger partial charge in [0.15, 0.2) is 0 Å². The molecule has 5 unspecified atom stereocenters. The number of nitrogens with one attached hydrogen (secondary N) is 2. The van der Waals surface area contributed by atoms with Gasteiger partial charge in [-0.2, -0.15) is 0 Å². The lowest BCUT2D eigenvalue weighted by molar-refractivity contribution is -0.150. The van der Waals surface area contributed by atoms with Crippen molar-refractivity contribution in [3.8, 4) is 0 Å². The number of benzene rings is 1. The summed E-state index contributed by atoms with van der Waals surface area (Å²) in [7, 11) is 0. The van der Waals surface area contributed by atoms with Gasteiger partial charge in [-0.1, -0.05) is 60.1 Å². The predicted molar refractivity (Wildman–Crippen MR) is 167 cm³/mol. The van der Waals surface area contributed by atoms with Crippen molar-refractivity contribution in [2.24, 2.45) is 46.3 Å². The lowest BCUT2D eigenvalue weighted by Gasteiger charge is -2.63. The number of hydrogen-bond acceptors (Lipinski definition) is 3. The molecule has 0 saturated heterocycles. The van der Waals surface area contributed by atoms with Crippen LogP contribution in [0.15, 0.2) is 29.2 Å². The van der Waals surface area contributed by atoms with Crippen LogP contribution in [0.2, 0.25) is 0 Å². The van der Waals surface area contributed by atoms with Gasteiger partial charge in [-0.05, 0) is 146 Å². The van der Waals surface area contributed by atoms with Gasteiger partial charge in [0, 0.05) is 11.4 Å². The topological polar surface area (TPSA) is 61.4 Å². The molecule has 3 N–H and O–H groups in total. The van der Waals surface area contributed by atoms with Gasteiger partial charge in [0.1, 0.15) is 0 Å². The molecular formula is C35H56N2O2S. The van der Waals surface area contributed by atoms with Crippen LogP contribution >= 0.6 is 11.9 Å². The largest absolute Gasteiger partial charge is 0.393 e. The highest BCUT2D eigenvalue weighted by atomic mass is 32.2. The van der Waals surface area contributed by atoms with Crippen molar-refractivity contribution in [2.75, 3.05) is 6.54 Å². The minimum absolute atomic E-state index is 0.0670. The fourth-order valence-corrected chi connectivity index (χ4v) is 10.8. The molecule has 5 heteroatoms. The van der Waals surface area contributed by atoms with E-state index in [1.807, 2.05) is 0 Å². The second-order valence-corrected chi connectivity index (χ2v) is 16.4. The third kappa shape index (κ3) is 5.85. The molecule has 4 aliphatic carbocycles. The highest BCUT2D eigenvalue weighted by Gasteiger charge is 2.61. The molecule has 0 spiro atoms. The maximum atomic E-state index is 12.5. The van der Waals surface area contributed by atoms with E-state index in [4.69, 9.17) is 0 Å². The maximum absolute atomic E-state index is 12.5. The average Bonchev–Trinajstić information content (AvgIpc) is 3.26. The molecule has 0 radical (unpaired) electrons. The van der Waals surface area contributed by atoms with Crippen LogP contribution in [0.3, 0.4) is 0 Å². The van der Waals surface area contributed by atoms with Crippen molar-refractivity contribution in [1.29, 1.82) is 0 Å².